The number of aromatic nitrogens is 1. The van der Waals surface area contributed by atoms with Gasteiger partial charge in [0.15, 0.2) is 5.37 Å². The summed E-state index contributed by atoms with van der Waals surface area (Å²) in [5.41, 5.74) is 1.02. The Labute approximate surface area is 158 Å². The lowest BCUT2D eigenvalue weighted by Gasteiger charge is -2.25. The van der Waals surface area contributed by atoms with Crippen LogP contribution >= 0.6 is 0 Å². The van der Waals surface area contributed by atoms with Crippen LogP contribution in [0.2, 0.25) is 0 Å². The zero-order chi connectivity index (χ0) is 19.6. The Bertz CT molecular complexity index is 1040. The van der Waals surface area contributed by atoms with Gasteiger partial charge in [-0.2, -0.15) is 5.26 Å². The third kappa shape index (κ3) is 3.41. The van der Waals surface area contributed by atoms with E-state index in [1.54, 1.807) is 49.5 Å². The van der Waals surface area contributed by atoms with Gasteiger partial charge in [-0.15, -0.1) is 0 Å². The van der Waals surface area contributed by atoms with Gasteiger partial charge < -0.3 is 9.80 Å². The van der Waals surface area contributed by atoms with E-state index in [-0.39, 0.29) is 17.0 Å². The number of amides is 1. The zero-order valence-electron chi connectivity index (χ0n) is 14.9. The summed E-state index contributed by atoms with van der Waals surface area (Å²) >= 11 is 0. The molecule has 1 atom stereocenters. The van der Waals surface area contributed by atoms with E-state index in [0.717, 1.165) is 0 Å². The van der Waals surface area contributed by atoms with Gasteiger partial charge in [0.1, 0.15) is 11.6 Å². The van der Waals surface area contributed by atoms with Gasteiger partial charge in [-0.3, -0.25) is 9.78 Å². The predicted octanol–water partition coefficient (Wildman–Crippen LogP) is 1.87. The summed E-state index contributed by atoms with van der Waals surface area (Å²) in [6, 6.07) is 11.5. The Kier molecular flexibility index (Phi) is 4.97. The minimum absolute atomic E-state index is 0.0746. The van der Waals surface area contributed by atoms with Crippen LogP contribution in [0.25, 0.3) is 0 Å². The molecule has 0 N–H and O–H groups in total. The highest BCUT2D eigenvalue weighted by atomic mass is 32.2. The van der Waals surface area contributed by atoms with Crippen LogP contribution in [0.5, 0.6) is 0 Å². The van der Waals surface area contributed by atoms with Gasteiger partial charge >= 0.3 is 0 Å². The van der Waals surface area contributed by atoms with E-state index in [9.17, 15) is 18.5 Å². The molecule has 1 aliphatic rings. The molecule has 0 spiro atoms. The van der Waals surface area contributed by atoms with Gasteiger partial charge in [-0.25, -0.2) is 8.42 Å². The van der Waals surface area contributed by atoms with E-state index in [4.69, 9.17) is 0 Å². The van der Waals surface area contributed by atoms with Crippen LogP contribution in [0.15, 0.2) is 65.5 Å². The van der Waals surface area contributed by atoms with Gasteiger partial charge in [0.25, 0.3) is 5.91 Å². The van der Waals surface area contributed by atoms with Crippen molar-refractivity contribution >= 4 is 15.7 Å². The van der Waals surface area contributed by atoms with Gasteiger partial charge in [-0.1, -0.05) is 18.2 Å². The highest BCUT2D eigenvalue weighted by molar-refractivity contribution is 7.91. The molecule has 2 aromatic rings. The molecule has 0 aliphatic carbocycles. The van der Waals surface area contributed by atoms with E-state index < -0.39 is 21.1 Å². The SMILES string of the molecule is CN(C)C=C(C#N)C(=O)N1Cc2cnccc2C1S(=O)(=O)c1ccccc1. The lowest BCUT2D eigenvalue weighted by molar-refractivity contribution is -0.127. The summed E-state index contributed by atoms with van der Waals surface area (Å²) in [6.07, 6.45) is 4.44. The summed E-state index contributed by atoms with van der Waals surface area (Å²) < 4.78 is 26.6. The molecule has 1 amide bonds. The van der Waals surface area contributed by atoms with Crippen molar-refractivity contribution in [1.29, 1.82) is 5.26 Å². The van der Waals surface area contributed by atoms with Crippen molar-refractivity contribution in [2.75, 3.05) is 14.1 Å². The Morgan fingerprint density at radius 2 is 2.00 bits per heavy atom. The van der Waals surface area contributed by atoms with Crippen LogP contribution < -0.4 is 0 Å². The Hall–Kier alpha value is -3.18. The average molecular weight is 382 g/mol. The van der Waals surface area contributed by atoms with Crippen molar-refractivity contribution in [2.45, 2.75) is 16.8 Å². The first-order valence-corrected chi connectivity index (χ1v) is 9.72. The maximum atomic E-state index is 13.3. The standard InChI is InChI=1S/C19H18N4O3S/c1-22(2)12-14(10-20)18(24)23-13-15-11-21-9-8-17(15)19(23)27(25,26)16-6-4-3-5-7-16/h3-9,11-12,19H,13H2,1-2H3. The largest absolute Gasteiger partial charge is 0.382 e. The third-order valence-electron chi connectivity index (χ3n) is 4.20. The first-order chi connectivity index (χ1) is 12.9. The Morgan fingerprint density at radius 1 is 1.30 bits per heavy atom. The highest BCUT2D eigenvalue weighted by Crippen LogP contribution is 2.40. The van der Waals surface area contributed by atoms with Crippen molar-refractivity contribution < 1.29 is 13.2 Å². The molecule has 8 heteroatoms. The molecule has 1 aromatic heterocycles. The number of sulfone groups is 1. The molecule has 0 radical (unpaired) electrons. The van der Waals surface area contributed by atoms with Crippen LogP contribution in [0.1, 0.15) is 16.5 Å². The molecule has 138 valence electrons. The van der Waals surface area contributed by atoms with Crippen molar-refractivity contribution in [1.82, 2.24) is 14.8 Å². The number of nitriles is 1. The minimum Gasteiger partial charge on any atom is -0.382 e. The fourth-order valence-electron chi connectivity index (χ4n) is 3.04. The second-order valence-electron chi connectivity index (χ2n) is 6.34. The quantitative estimate of drug-likeness (QED) is 0.592. The highest BCUT2D eigenvalue weighted by Gasteiger charge is 2.43. The summed E-state index contributed by atoms with van der Waals surface area (Å²) in [5.74, 6) is -0.632. The van der Waals surface area contributed by atoms with E-state index in [1.165, 1.54) is 29.4 Å². The molecule has 27 heavy (non-hydrogen) atoms. The van der Waals surface area contributed by atoms with Gasteiger partial charge in [0, 0.05) is 39.2 Å². The van der Waals surface area contributed by atoms with Crippen molar-refractivity contribution in [3.8, 4) is 6.07 Å². The summed E-state index contributed by atoms with van der Waals surface area (Å²) in [6.45, 7) is 0.0746. The minimum atomic E-state index is -3.89. The smallest absolute Gasteiger partial charge is 0.267 e. The number of nitrogens with zero attached hydrogens (tertiary/aromatic N) is 4. The maximum absolute atomic E-state index is 13.3. The van der Waals surface area contributed by atoms with Crippen molar-refractivity contribution in [3.63, 3.8) is 0 Å². The monoisotopic (exact) mass is 382 g/mol. The van der Waals surface area contributed by atoms with Gasteiger partial charge in [0.05, 0.1) is 4.90 Å². The van der Waals surface area contributed by atoms with Crippen LogP contribution in [0.3, 0.4) is 0 Å². The molecule has 1 aliphatic heterocycles. The summed E-state index contributed by atoms with van der Waals surface area (Å²) in [4.78, 5) is 19.9. The van der Waals surface area contributed by atoms with E-state index >= 15 is 0 Å². The fraction of sp³-hybridized carbons (Fsp3) is 0.211. The molecule has 0 bridgehead atoms. The molecule has 1 unspecified atom stereocenters. The second kappa shape index (κ2) is 7.21. The number of hydrogen-bond acceptors (Lipinski definition) is 6. The Morgan fingerprint density at radius 3 is 2.63 bits per heavy atom. The topological polar surface area (TPSA) is 94.4 Å². The molecular weight excluding hydrogens is 364 g/mol. The number of carbonyl (C=O) groups excluding carboxylic acids is 1. The predicted molar refractivity (Wildman–Crippen MR) is 98.5 cm³/mol. The zero-order valence-corrected chi connectivity index (χ0v) is 15.7. The fourth-order valence-corrected chi connectivity index (χ4v) is 4.91. The molecule has 2 heterocycles. The van der Waals surface area contributed by atoms with Crippen LogP contribution in [-0.4, -0.2) is 43.2 Å². The summed E-state index contributed by atoms with van der Waals surface area (Å²) in [7, 11) is -0.517. The van der Waals surface area contributed by atoms with Crippen LogP contribution in [0.4, 0.5) is 0 Å². The average Bonchev–Trinajstić information content (AvgIpc) is 3.06. The molecule has 1 aromatic carbocycles. The van der Waals surface area contributed by atoms with Crippen molar-refractivity contribution in [2.24, 2.45) is 0 Å². The first-order valence-electron chi connectivity index (χ1n) is 8.17. The Balaban J connectivity index is 2.13. The molecule has 7 nitrogen and oxygen atoms in total. The lowest BCUT2D eigenvalue weighted by atomic mass is 10.2. The number of fused-ring (bicyclic) bond motifs is 1. The van der Waals surface area contributed by atoms with Crippen LogP contribution in [-0.2, 0) is 21.2 Å². The maximum Gasteiger partial charge on any atom is 0.267 e. The molecule has 0 saturated carbocycles. The normalized spacial score (nSPS) is 16.6. The first kappa shape index (κ1) is 18.6. The number of carbonyl (C=O) groups is 1. The van der Waals surface area contributed by atoms with E-state index in [2.05, 4.69) is 4.98 Å². The third-order valence-corrected chi connectivity index (χ3v) is 6.22. The van der Waals surface area contributed by atoms with E-state index in [0.29, 0.717) is 11.1 Å². The number of hydrogen-bond donors (Lipinski definition) is 0. The molecule has 3 rings (SSSR count). The molecule has 0 saturated heterocycles. The van der Waals surface area contributed by atoms with Crippen molar-refractivity contribution in [3.05, 3.63) is 71.7 Å². The van der Waals surface area contributed by atoms with E-state index in [1.807, 2.05) is 6.07 Å². The summed E-state index contributed by atoms with van der Waals surface area (Å²) in [5, 5.41) is 8.17. The number of benzene rings is 1. The van der Waals surface area contributed by atoms with Crippen LogP contribution in [0, 0.1) is 11.3 Å². The van der Waals surface area contributed by atoms with Gasteiger partial charge in [-0.05, 0) is 29.3 Å². The second-order valence-corrected chi connectivity index (χ2v) is 8.34. The number of rotatable bonds is 4. The molecule has 0 fully saturated rings. The van der Waals surface area contributed by atoms with Gasteiger partial charge in [0.2, 0.25) is 9.84 Å². The number of pyridine rings is 1. The molecular formula is C19H18N4O3S. The lowest BCUT2D eigenvalue weighted by Crippen LogP contribution is -2.35.